The van der Waals surface area contributed by atoms with Crippen LogP contribution in [-0.4, -0.2) is 58.9 Å². The molecule has 1 aliphatic heterocycles. The Kier molecular flexibility index (Phi) is 9.60. The fourth-order valence-corrected chi connectivity index (χ4v) is 4.63. The fourth-order valence-electron chi connectivity index (χ4n) is 3.90. The minimum atomic E-state index is -0.258. The molecule has 1 fully saturated rings. The molecule has 0 spiro atoms. The number of hydrogen-bond donors (Lipinski definition) is 0. The van der Waals surface area contributed by atoms with Crippen molar-refractivity contribution in [2.75, 3.05) is 37.7 Å². The van der Waals surface area contributed by atoms with Gasteiger partial charge in [-0.1, -0.05) is 25.5 Å². The molecule has 1 aliphatic rings. The molecular formula is C24H33FN4O3S. The molecule has 1 aromatic carbocycles. The Hall–Kier alpha value is -2.55. The van der Waals surface area contributed by atoms with Gasteiger partial charge in [0.05, 0.1) is 12.5 Å². The number of carbonyl (C=O) groups is 2. The van der Waals surface area contributed by atoms with Crippen LogP contribution >= 0.6 is 11.5 Å². The summed E-state index contributed by atoms with van der Waals surface area (Å²) in [5.41, 5.74) is 0.960. The van der Waals surface area contributed by atoms with Gasteiger partial charge in [-0.05, 0) is 43.9 Å². The number of hydrogen-bond acceptors (Lipinski definition) is 7. The predicted octanol–water partition coefficient (Wildman–Crippen LogP) is 4.07. The van der Waals surface area contributed by atoms with E-state index in [-0.39, 0.29) is 23.6 Å². The van der Waals surface area contributed by atoms with Crippen molar-refractivity contribution >= 4 is 28.5 Å². The number of esters is 1. The zero-order valence-electron chi connectivity index (χ0n) is 19.5. The molecule has 0 saturated carbocycles. The molecule has 2 aromatic rings. The van der Waals surface area contributed by atoms with Crippen LogP contribution in [0.1, 0.15) is 57.3 Å². The Labute approximate surface area is 199 Å². The lowest BCUT2D eigenvalue weighted by Crippen LogP contribution is -2.42. The summed E-state index contributed by atoms with van der Waals surface area (Å²) in [4.78, 5) is 33.4. The van der Waals surface area contributed by atoms with E-state index in [1.54, 1.807) is 12.1 Å². The van der Waals surface area contributed by atoms with Gasteiger partial charge in [-0.3, -0.25) is 9.59 Å². The largest absolute Gasteiger partial charge is 0.466 e. The first-order valence-corrected chi connectivity index (χ1v) is 12.5. The van der Waals surface area contributed by atoms with Gasteiger partial charge in [0.15, 0.2) is 0 Å². The van der Waals surface area contributed by atoms with Crippen molar-refractivity contribution in [1.29, 1.82) is 0 Å². The Morgan fingerprint density at radius 1 is 1.18 bits per heavy atom. The number of halogens is 1. The summed E-state index contributed by atoms with van der Waals surface area (Å²) in [6.45, 7) is 6.93. The SMILES string of the molecule is CCCCN(CCC(=O)N1CCC(C(=O)OCC)CC1)c1nc(Cc2ccc(F)cc2)ns1. The average Bonchev–Trinajstić information content (AvgIpc) is 3.29. The highest BCUT2D eigenvalue weighted by Gasteiger charge is 2.28. The number of likely N-dealkylation sites (tertiary alicyclic amines) is 1. The third-order valence-electron chi connectivity index (χ3n) is 5.85. The lowest BCUT2D eigenvalue weighted by Gasteiger charge is -2.31. The van der Waals surface area contributed by atoms with Crippen LogP contribution in [0.5, 0.6) is 0 Å². The summed E-state index contributed by atoms with van der Waals surface area (Å²) in [5.74, 6) is 0.301. The molecule has 180 valence electrons. The Morgan fingerprint density at radius 2 is 1.91 bits per heavy atom. The fraction of sp³-hybridized carbons (Fsp3) is 0.583. The predicted molar refractivity (Wildman–Crippen MR) is 127 cm³/mol. The molecule has 2 heterocycles. The molecule has 0 unspecified atom stereocenters. The summed E-state index contributed by atoms with van der Waals surface area (Å²) in [5, 5.41) is 0.814. The molecule has 7 nitrogen and oxygen atoms in total. The molecule has 0 atom stereocenters. The van der Waals surface area contributed by atoms with Gasteiger partial charge in [0.1, 0.15) is 11.6 Å². The van der Waals surface area contributed by atoms with Crippen molar-refractivity contribution in [2.24, 2.45) is 5.92 Å². The Bertz CT molecular complexity index is 897. The highest BCUT2D eigenvalue weighted by Crippen LogP contribution is 2.22. The van der Waals surface area contributed by atoms with Crippen molar-refractivity contribution in [1.82, 2.24) is 14.3 Å². The zero-order valence-corrected chi connectivity index (χ0v) is 20.3. The van der Waals surface area contributed by atoms with Gasteiger partial charge < -0.3 is 14.5 Å². The van der Waals surface area contributed by atoms with Crippen LogP contribution in [0.25, 0.3) is 0 Å². The highest BCUT2D eigenvalue weighted by atomic mass is 32.1. The van der Waals surface area contributed by atoms with E-state index < -0.39 is 0 Å². The van der Waals surface area contributed by atoms with Crippen LogP contribution in [0.2, 0.25) is 0 Å². The minimum absolute atomic E-state index is 0.101. The Balaban J connectivity index is 1.53. The number of amides is 1. The van der Waals surface area contributed by atoms with E-state index in [2.05, 4.69) is 21.2 Å². The van der Waals surface area contributed by atoms with Crippen molar-refractivity contribution in [2.45, 2.75) is 52.4 Å². The van der Waals surface area contributed by atoms with Gasteiger partial charge in [-0.2, -0.15) is 4.37 Å². The van der Waals surface area contributed by atoms with E-state index in [1.807, 2.05) is 11.8 Å². The maximum absolute atomic E-state index is 13.1. The molecule has 1 amide bonds. The first-order valence-electron chi connectivity index (χ1n) is 11.8. The lowest BCUT2D eigenvalue weighted by molar-refractivity contribution is -0.151. The quantitative estimate of drug-likeness (QED) is 0.455. The number of ether oxygens (including phenoxy) is 1. The second-order valence-electron chi connectivity index (χ2n) is 8.29. The molecule has 1 aromatic heterocycles. The standard InChI is InChI=1S/C24H33FN4O3S/c1-3-5-13-29(24-26-21(27-33-24)17-18-6-8-20(25)9-7-18)16-12-22(30)28-14-10-19(11-15-28)23(31)32-4-2/h6-9,19H,3-5,10-17H2,1-2H3. The van der Waals surface area contributed by atoms with E-state index in [1.165, 1.54) is 23.7 Å². The van der Waals surface area contributed by atoms with Crippen molar-refractivity contribution in [3.63, 3.8) is 0 Å². The van der Waals surface area contributed by atoms with Gasteiger partial charge in [0.2, 0.25) is 11.0 Å². The lowest BCUT2D eigenvalue weighted by atomic mass is 9.97. The summed E-state index contributed by atoms with van der Waals surface area (Å²) < 4.78 is 22.7. The topological polar surface area (TPSA) is 75.6 Å². The van der Waals surface area contributed by atoms with E-state index in [0.29, 0.717) is 57.7 Å². The number of piperidine rings is 1. The zero-order chi connectivity index (χ0) is 23.6. The van der Waals surface area contributed by atoms with Crippen LogP contribution in [0.15, 0.2) is 24.3 Å². The van der Waals surface area contributed by atoms with E-state index >= 15 is 0 Å². The molecule has 0 N–H and O–H groups in total. The number of nitrogens with zero attached hydrogens (tertiary/aromatic N) is 4. The van der Waals surface area contributed by atoms with Crippen LogP contribution < -0.4 is 4.90 Å². The van der Waals surface area contributed by atoms with E-state index in [9.17, 15) is 14.0 Å². The third-order valence-corrected chi connectivity index (χ3v) is 6.66. The van der Waals surface area contributed by atoms with Crippen LogP contribution in [0.4, 0.5) is 9.52 Å². The molecule has 0 aliphatic carbocycles. The van der Waals surface area contributed by atoms with Gasteiger partial charge in [-0.15, -0.1) is 0 Å². The summed E-state index contributed by atoms with van der Waals surface area (Å²) in [6.07, 6.45) is 4.33. The van der Waals surface area contributed by atoms with Gasteiger partial charge >= 0.3 is 5.97 Å². The molecule has 3 rings (SSSR count). The number of carbonyl (C=O) groups excluding carboxylic acids is 2. The number of unbranched alkanes of at least 4 members (excludes halogenated alkanes) is 1. The van der Waals surface area contributed by atoms with Crippen LogP contribution in [0, 0.1) is 11.7 Å². The monoisotopic (exact) mass is 476 g/mol. The number of benzene rings is 1. The number of rotatable bonds is 11. The molecule has 0 radical (unpaired) electrons. The van der Waals surface area contributed by atoms with Crippen molar-refractivity contribution in [3.8, 4) is 0 Å². The maximum Gasteiger partial charge on any atom is 0.309 e. The summed E-state index contributed by atoms with van der Waals surface area (Å²) in [6, 6.07) is 6.37. The smallest absolute Gasteiger partial charge is 0.309 e. The first-order chi connectivity index (χ1) is 16.0. The molecule has 0 bridgehead atoms. The third kappa shape index (κ3) is 7.48. The van der Waals surface area contributed by atoms with Crippen molar-refractivity contribution < 1.29 is 18.7 Å². The van der Waals surface area contributed by atoms with Gasteiger partial charge in [0.25, 0.3) is 0 Å². The van der Waals surface area contributed by atoms with Crippen LogP contribution in [0.3, 0.4) is 0 Å². The average molecular weight is 477 g/mol. The molecular weight excluding hydrogens is 443 g/mol. The minimum Gasteiger partial charge on any atom is -0.466 e. The van der Waals surface area contributed by atoms with Gasteiger partial charge in [0, 0.05) is 50.6 Å². The first kappa shape index (κ1) is 25.1. The van der Waals surface area contributed by atoms with E-state index in [4.69, 9.17) is 4.74 Å². The molecule has 9 heteroatoms. The maximum atomic E-state index is 13.1. The number of aromatic nitrogens is 2. The number of anilines is 1. The van der Waals surface area contributed by atoms with Crippen LogP contribution in [-0.2, 0) is 20.7 Å². The molecule has 1 saturated heterocycles. The second-order valence-corrected chi connectivity index (χ2v) is 9.02. The summed E-state index contributed by atoms with van der Waals surface area (Å²) in [7, 11) is 0. The van der Waals surface area contributed by atoms with Gasteiger partial charge in [-0.25, -0.2) is 9.37 Å². The Morgan fingerprint density at radius 3 is 2.58 bits per heavy atom. The molecule has 33 heavy (non-hydrogen) atoms. The summed E-state index contributed by atoms with van der Waals surface area (Å²) >= 11 is 1.34. The normalized spacial score (nSPS) is 14.3. The van der Waals surface area contributed by atoms with E-state index in [0.717, 1.165) is 30.1 Å². The highest BCUT2D eigenvalue weighted by molar-refractivity contribution is 7.09. The second kappa shape index (κ2) is 12.6. The van der Waals surface area contributed by atoms with Crippen molar-refractivity contribution in [3.05, 3.63) is 41.5 Å².